The van der Waals surface area contributed by atoms with Crippen LogP contribution in [0.1, 0.15) is 17.5 Å². The zero-order valence-corrected chi connectivity index (χ0v) is 15.3. The first-order valence-electron chi connectivity index (χ1n) is 8.48. The van der Waals surface area contributed by atoms with Gasteiger partial charge in [-0.1, -0.05) is 48.0 Å². The van der Waals surface area contributed by atoms with E-state index in [1.807, 2.05) is 36.4 Å². The van der Waals surface area contributed by atoms with Crippen molar-refractivity contribution in [3.63, 3.8) is 0 Å². The lowest BCUT2D eigenvalue weighted by Crippen LogP contribution is -2.32. The number of carbonyl (C=O) groups excluding carboxylic acids is 2. The van der Waals surface area contributed by atoms with Gasteiger partial charge in [-0.25, -0.2) is 0 Å². The van der Waals surface area contributed by atoms with E-state index in [0.29, 0.717) is 30.4 Å². The van der Waals surface area contributed by atoms with Crippen molar-refractivity contribution >= 4 is 29.1 Å². The Labute approximate surface area is 157 Å². The zero-order valence-electron chi connectivity index (χ0n) is 14.6. The summed E-state index contributed by atoms with van der Waals surface area (Å²) in [7, 11) is 1.64. The normalized spacial score (nSPS) is 16.8. The van der Waals surface area contributed by atoms with Gasteiger partial charge in [-0.3, -0.25) is 9.59 Å². The van der Waals surface area contributed by atoms with E-state index in [-0.39, 0.29) is 24.2 Å². The summed E-state index contributed by atoms with van der Waals surface area (Å²) in [5.41, 5.74) is 2.70. The second-order valence-corrected chi connectivity index (χ2v) is 6.68. The monoisotopic (exact) mass is 372 g/mol. The van der Waals surface area contributed by atoms with E-state index < -0.39 is 0 Å². The van der Waals surface area contributed by atoms with Gasteiger partial charge >= 0.3 is 0 Å². The number of anilines is 1. The Bertz CT molecular complexity index is 809. The Morgan fingerprint density at radius 3 is 2.62 bits per heavy atom. The molecule has 1 heterocycles. The smallest absolute Gasteiger partial charge is 0.227 e. The van der Waals surface area contributed by atoms with Gasteiger partial charge in [0.05, 0.1) is 23.2 Å². The topological polar surface area (TPSA) is 58.6 Å². The predicted molar refractivity (Wildman–Crippen MR) is 101 cm³/mol. The number of nitrogens with zero attached hydrogens (tertiary/aromatic N) is 1. The number of halogens is 1. The number of hydrogen-bond donors (Lipinski definition) is 1. The quantitative estimate of drug-likeness (QED) is 0.847. The van der Waals surface area contributed by atoms with Gasteiger partial charge in [0, 0.05) is 26.6 Å². The summed E-state index contributed by atoms with van der Waals surface area (Å²) >= 11 is 6.18. The molecule has 0 spiro atoms. The highest BCUT2D eigenvalue weighted by Gasteiger charge is 2.35. The van der Waals surface area contributed by atoms with E-state index in [2.05, 4.69) is 5.32 Å². The largest absolute Gasteiger partial charge is 0.380 e. The SMILES string of the molecule is COCc1ccccc1CNC(=O)C1CC(=O)N(c2ccccc2Cl)C1. The van der Waals surface area contributed by atoms with Gasteiger partial charge in [0.15, 0.2) is 0 Å². The summed E-state index contributed by atoms with van der Waals surface area (Å²) < 4.78 is 5.19. The molecule has 0 bridgehead atoms. The standard InChI is InChI=1S/C20H21ClN2O3/c1-26-13-15-7-3-2-6-14(15)11-22-20(25)16-10-19(24)23(12-16)18-9-5-4-8-17(18)21/h2-9,16H,10-13H2,1H3,(H,22,25). The Kier molecular flexibility index (Phi) is 5.91. The van der Waals surface area contributed by atoms with Gasteiger partial charge in [-0.05, 0) is 23.3 Å². The van der Waals surface area contributed by atoms with E-state index in [1.165, 1.54) is 0 Å². The molecule has 1 N–H and O–H groups in total. The Hall–Kier alpha value is -2.37. The van der Waals surface area contributed by atoms with Crippen molar-refractivity contribution in [2.45, 2.75) is 19.6 Å². The number of ether oxygens (including phenoxy) is 1. The van der Waals surface area contributed by atoms with Gasteiger partial charge in [-0.15, -0.1) is 0 Å². The second-order valence-electron chi connectivity index (χ2n) is 6.28. The lowest BCUT2D eigenvalue weighted by Gasteiger charge is -2.18. The number of carbonyl (C=O) groups is 2. The number of rotatable bonds is 6. The lowest BCUT2D eigenvalue weighted by molar-refractivity contribution is -0.126. The molecule has 0 saturated carbocycles. The van der Waals surface area contributed by atoms with Crippen molar-refractivity contribution in [1.29, 1.82) is 0 Å². The maximum Gasteiger partial charge on any atom is 0.227 e. The fraction of sp³-hybridized carbons (Fsp3) is 0.300. The van der Waals surface area contributed by atoms with Crippen LogP contribution in [0.5, 0.6) is 0 Å². The van der Waals surface area contributed by atoms with Gasteiger partial charge in [0.25, 0.3) is 0 Å². The fourth-order valence-electron chi connectivity index (χ4n) is 3.14. The summed E-state index contributed by atoms with van der Waals surface area (Å²) in [5.74, 6) is -0.591. The summed E-state index contributed by atoms with van der Waals surface area (Å²) in [5, 5.41) is 3.45. The highest BCUT2D eigenvalue weighted by Crippen LogP contribution is 2.31. The molecule has 6 heteroatoms. The molecule has 26 heavy (non-hydrogen) atoms. The lowest BCUT2D eigenvalue weighted by atomic mass is 10.1. The average molecular weight is 373 g/mol. The van der Waals surface area contributed by atoms with E-state index >= 15 is 0 Å². The van der Waals surface area contributed by atoms with Crippen LogP contribution in [0.3, 0.4) is 0 Å². The van der Waals surface area contributed by atoms with Crippen molar-refractivity contribution in [3.05, 3.63) is 64.7 Å². The first-order chi connectivity index (χ1) is 12.6. The molecular formula is C20H21ClN2O3. The van der Waals surface area contributed by atoms with Crippen LogP contribution in [0.4, 0.5) is 5.69 Å². The minimum atomic E-state index is -0.381. The molecule has 1 aliphatic heterocycles. The average Bonchev–Trinajstić information content (AvgIpc) is 3.03. The van der Waals surface area contributed by atoms with Crippen LogP contribution in [0.15, 0.2) is 48.5 Å². The highest BCUT2D eigenvalue weighted by molar-refractivity contribution is 6.33. The first kappa shape index (κ1) is 18.4. The summed E-state index contributed by atoms with van der Waals surface area (Å²) in [6, 6.07) is 15.0. The fourth-order valence-corrected chi connectivity index (χ4v) is 3.38. The summed E-state index contributed by atoms with van der Waals surface area (Å²) in [4.78, 5) is 26.5. The van der Waals surface area contributed by atoms with Crippen LogP contribution in [-0.4, -0.2) is 25.5 Å². The molecule has 3 rings (SSSR count). The Morgan fingerprint density at radius 1 is 1.19 bits per heavy atom. The number of methoxy groups -OCH3 is 1. The predicted octanol–water partition coefficient (Wildman–Crippen LogP) is 3.16. The molecule has 0 aliphatic carbocycles. The second kappa shape index (κ2) is 8.34. The molecule has 1 atom stereocenters. The molecule has 1 fully saturated rings. The van der Waals surface area contributed by atoms with Crippen molar-refractivity contribution in [2.24, 2.45) is 5.92 Å². The van der Waals surface area contributed by atoms with Gasteiger partial charge in [0.1, 0.15) is 0 Å². The molecule has 2 aromatic carbocycles. The van der Waals surface area contributed by atoms with Gasteiger partial charge in [-0.2, -0.15) is 0 Å². The molecule has 1 aliphatic rings. The molecule has 0 radical (unpaired) electrons. The minimum Gasteiger partial charge on any atom is -0.380 e. The van der Waals surface area contributed by atoms with Crippen molar-refractivity contribution in [2.75, 3.05) is 18.6 Å². The number of benzene rings is 2. The number of amides is 2. The van der Waals surface area contributed by atoms with Crippen molar-refractivity contribution < 1.29 is 14.3 Å². The molecule has 0 aromatic heterocycles. The van der Waals surface area contributed by atoms with Gasteiger partial charge < -0.3 is 15.0 Å². The Morgan fingerprint density at radius 2 is 1.88 bits per heavy atom. The van der Waals surface area contributed by atoms with E-state index in [1.54, 1.807) is 24.1 Å². The number of para-hydroxylation sites is 1. The maximum atomic E-state index is 12.5. The molecule has 1 saturated heterocycles. The van der Waals surface area contributed by atoms with Crippen molar-refractivity contribution in [3.8, 4) is 0 Å². The van der Waals surface area contributed by atoms with E-state index in [9.17, 15) is 9.59 Å². The minimum absolute atomic E-state index is 0.0852. The van der Waals surface area contributed by atoms with Crippen LogP contribution in [0, 0.1) is 5.92 Å². The molecule has 136 valence electrons. The first-order valence-corrected chi connectivity index (χ1v) is 8.86. The molecule has 5 nitrogen and oxygen atoms in total. The summed E-state index contributed by atoms with van der Waals surface area (Å²) in [6.07, 6.45) is 0.191. The van der Waals surface area contributed by atoms with E-state index in [4.69, 9.17) is 16.3 Å². The van der Waals surface area contributed by atoms with Gasteiger partial charge in [0.2, 0.25) is 11.8 Å². The molecule has 1 unspecified atom stereocenters. The third kappa shape index (κ3) is 4.06. The molecular weight excluding hydrogens is 352 g/mol. The number of nitrogens with one attached hydrogen (secondary N) is 1. The highest BCUT2D eigenvalue weighted by atomic mass is 35.5. The third-order valence-electron chi connectivity index (χ3n) is 4.51. The van der Waals surface area contributed by atoms with E-state index in [0.717, 1.165) is 11.1 Å². The van der Waals surface area contributed by atoms with Crippen LogP contribution in [0.25, 0.3) is 0 Å². The molecule has 2 aromatic rings. The summed E-state index contributed by atoms with van der Waals surface area (Å²) in [6.45, 7) is 1.25. The maximum absolute atomic E-state index is 12.5. The van der Waals surface area contributed by atoms with Crippen LogP contribution < -0.4 is 10.2 Å². The molecule has 2 amide bonds. The van der Waals surface area contributed by atoms with Crippen LogP contribution >= 0.6 is 11.6 Å². The Balaban J connectivity index is 1.63. The third-order valence-corrected chi connectivity index (χ3v) is 4.83. The van der Waals surface area contributed by atoms with Crippen molar-refractivity contribution in [1.82, 2.24) is 5.32 Å². The van der Waals surface area contributed by atoms with Crippen LogP contribution in [-0.2, 0) is 27.5 Å². The number of hydrogen-bond acceptors (Lipinski definition) is 3. The zero-order chi connectivity index (χ0) is 18.5. The van der Waals surface area contributed by atoms with Crippen LogP contribution in [0.2, 0.25) is 5.02 Å².